The number of thiophene rings is 1. The van der Waals surface area contributed by atoms with Gasteiger partial charge in [-0.3, -0.25) is 4.79 Å². The van der Waals surface area contributed by atoms with Gasteiger partial charge in [-0.2, -0.15) is 0 Å². The Morgan fingerprint density at radius 3 is 2.68 bits per heavy atom. The Labute approximate surface area is 169 Å². The van der Waals surface area contributed by atoms with E-state index < -0.39 is 0 Å². The van der Waals surface area contributed by atoms with Crippen molar-refractivity contribution in [3.05, 3.63) is 88.6 Å². The molecule has 0 fully saturated rings. The summed E-state index contributed by atoms with van der Waals surface area (Å²) in [6.07, 6.45) is 1.51. The molecule has 1 amide bonds. The zero-order valence-electron chi connectivity index (χ0n) is 14.7. The number of nitrogens with one attached hydrogen (secondary N) is 1. The van der Waals surface area contributed by atoms with Crippen molar-refractivity contribution in [2.45, 2.75) is 11.1 Å². The van der Waals surface area contributed by atoms with Crippen molar-refractivity contribution in [3.63, 3.8) is 0 Å². The predicted molar refractivity (Wildman–Crippen MR) is 111 cm³/mol. The van der Waals surface area contributed by atoms with Crippen LogP contribution in [0.4, 0.5) is 4.39 Å². The number of benzene rings is 2. The predicted octanol–water partition coefficient (Wildman–Crippen LogP) is 4.83. The van der Waals surface area contributed by atoms with E-state index in [9.17, 15) is 9.18 Å². The molecule has 4 aromatic rings. The van der Waals surface area contributed by atoms with Crippen molar-refractivity contribution < 1.29 is 9.18 Å². The molecule has 0 aliphatic carbocycles. The van der Waals surface area contributed by atoms with E-state index in [1.165, 1.54) is 30.2 Å². The van der Waals surface area contributed by atoms with Crippen molar-refractivity contribution in [2.75, 3.05) is 5.75 Å². The highest BCUT2D eigenvalue weighted by Gasteiger charge is 2.18. The summed E-state index contributed by atoms with van der Waals surface area (Å²) in [6, 6.07) is 17.5. The van der Waals surface area contributed by atoms with Crippen molar-refractivity contribution in [2.24, 2.45) is 0 Å². The van der Waals surface area contributed by atoms with E-state index in [2.05, 4.69) is 15.3 Å². The second-order valence-electron chi connectivity index (χ2n) is 6.05. The van der Waals surface area contributed by atoms with E-state index in [0.29, 0.717) is 0 Å². The highest BCUT2D eigenvalue weighted by Crippen LogP contribution is 2.28. The summed E-state index contributed by atoms with van der Waals surface area (Å²) >= 11 is 2.93. The number of thioether (sulfide) groups is 1. The van der Waals surface area contributed by atoms with Gasteiger partial charge in [-0.1, -0.05) is 48.2 Å². The molecule has 4 rings (SSSR count). The van der Waals surface area contributed by atoms with Crippen LogP contribution in [0.5, 0.6) is 0 Å². The fourth-order valence-corrected chi connectivity index (χ4v) is 4.46. The van der Waals surface area contributed by atoms with Gasteiger partial charge in [0.25, 0.3) is 0 Å². The lowest BCUT2D eigenvalue weighted by Crippen LogP contribution is -2.30. The minimum Gasteiger partial charge on any atom is -0.344 e. The molecular weight excluding hydrogens is 393 g/mol. The lowest BCUT2D eigenvalue weighted by molar-refractivity contribution is -0.119. The number of carbonyl (C=O) groups is 1. The largest absolute Gasteiger partial charge is 0.344 e. The van der Waals surface area contributed by atoms with Crippen LogP contribution < -0.4 is 5.32 Å². The highest BCUT2D eigenvalue weighted by atomic mass is 32.2. The van der Waals surface area contributed by atoms with Gasteiger partial charge in [-0.15, -0.1) is 11.3 Å². The van der Waals surface area contributed by atoms with Gasteiger partial charge in [0.05, 0.1) is 17.3 Å². The standard InChI is InChI=1S/C21H16FN3OS2/c22-15-9-7-14(8-10-15)20(18-6-3-11-27-18)25-19(26)12-28-21-16-4-1-2-5-17(16)23-13-24-21/h1-11,13,20H,12H2,(H,25,26)/t20-/m0/s1. The van der Waals surface area contributed by atoms with Crippen LogP contribution in [0, 0.1) is 5.82 Å². The summed E-state index contributed by atoms with van der Waals surface area (Å²) in [5.41, 5.74) is 1.69. The maximum atomic E-state index is 13.3. The second kappa shape index (κ2) is 8.50. The van der Waals surface area contributed by atoms with Crippen molar-refractivity contribution in [3.8, 4) is 0 Å². The van der Waals surface area contributed by atoms with Crippen LogP contribution in [0.15, 0.2) is 77.4 Å². The third kappa shape index (κ3) is 4.21. The summed E-state index contributed by atoms with van der Waals surface area (Å²) in [4.78, 5) is 22.2. The van der Waals surface area contributed by atoms with Gasteiger partial charge in [-0.05, 0) is 35.2 Å². The van der Waals surface area contributed by atoms with Crippen molar-refractivity contribution in [1.29, 1.82) is 0 Å². The molecule has 0 unspecified atom stereocenters. The summed E-state index contributed by atoms with van der Waals surface area (Å²) in [5, 5.41) is 6.72. The Hall–Kier alpha value is -2.77. The Kier molecular flexibility index (Phi) is 5.64. The van der Waals surface area contributed by atoms with Gasteiger partial charge in [-0.25, -0.2) is 14.4 Å². The van der Waals surface area contributed by atoms with E-state index in [1.54, 1.807) is 23.5 Å². The number of hydrogen-bond donors (Lipinski definition) is 1. The number of carbonyl (C=O) groups excluding carboxylic acids is 1. The third-order valence-corrected chi connectivity index (χ3v) is 6.13. The summed E-state index contributed by atoms with van der Waals surface area (Å²) in [5.74, 6) is -0.189. The monoisotopic (exact) mass is 409 g/mol. The average Bonchev–Trinajstić information content (AvgIpc) is 3.26. The molecule has 4 nitrogen and oxygen atoms in total. The summed E-state index contributed by atoms with van der Waals surface area (Å²) in [7, 11) is 0. The van der Waals surface area contributed by atoms with Crippen LogP contribution >= 0.6 is 23.1 Å². The molecule has 1 N–H and O–H groups in total. The maximum absolute atomic E-state index is 13.3. The lowest BCUT2D eigenvalue weighted by atomic mass is 10.1. The van der Waals surface area contributed by atoms with Crippen molar-refractivity contribution >= 4 is 39.9 Å². The molecular formula is C21H16FN3OS2. The first-order valence-corrected chi connectivity index (χ1v) is 10.5. The molecule has 2 heterocycles. The number of hydrogen-bond acceptors (Lipinski definition) is 5. The Morgan fingerprint density at radius 2 is 1.89 bits per heavy atom. The molecule has 0 saturated carbocycles. The van der Waals surface area contributed by atoms with Crippen LogP contribution in [0.3, 0.4) is 0 Å². The number of amides is 1. The lowest BCUT2D eigenvalue weighted by Gasteiger charge is -2.18. The molecule has 0 bridgehead atoms. The van der Waals surface area contributed by atoms with Crippen LogP contribution in [-0.2, 0) is 4.79 Å². The van der Waals surface area contributed by atoms with E-state index in [4.69, 9.17) is 0 Å². The SMILES string of the molecule is O=C(CSc1ncnc2ccccc12)N[C@@H](c1ccc(F)cc1)c1cccs1. The topological polar surface area (TPSA) is 54.9 Å². The molecule has 2 aromatic carbocycles. The van der Waals surface area contributed by atoms with E-state index in [1.807, 2.05) is 41.8 Å². The van der Waals surface area contributed by atoms with E-state index in [-0.39, 0.29) is 23.5 Å². The first-order chi connectivity index (χ1) is 13.7. The zero-order valence-corrected chi connectivity index (χ0v) is 16.3. The molecule has 2 aromatic heterocycles. The smallest absolute Gasteiger partial charge is 0.231 e. The van der Waals surface area contributed by atoms with Gasteiger partial charge in [0.15, 0.2) is 0 Å². The molecule has 0 saturated heterocycles. The molecule has 1 atom stereocenters. The molecule has 0 aliphatic heterocycles. The van der Waals surface area contributed by atoms with Gasteiger partial charge in [0.1, 0.15) is 17.2 Å². The summed E-state index contributed by atoms with van der Waals surface area (Å²) < 4.78 is 13.3. The quantitative estimate of drug-likeness (QED) is 0.366. The Morgan fingerprint density at radius 1 is 1.07 bits per heavy atom. The van der Waals surface area contributed by atoms with E-state index >= 15 is 0 Å². The normalized spacial score (nSPS) is 12.0. The second-order valence-corrected chi connectivity index (χ2v) is 8.00. The fourth-order valence-electron chi connectivity index (χ4n) is 2.86. The van der Waals surface area contributed by atoms with Gasteiger partial charge >= 0.3 is 0 Å². The summed E-state index contributed by atoms with van der Waals surface area (Å²) in [6.45, 7) is 0. The Balaban J connectivity index is 1.49. The molecule has 0 spiro atoms. The first kappa shape index (κ1) is 18.6. The molecule has 140 valence electrons. The Bertz CT molecular complexity index is 1080. The minimum atomic E-state index is -0.309. The number of nitrogens with zero attached hydrogens (tertiary/aromatic N) is 2. The molecule has 28 heavy (non-hydrogen) atoms. The van der Waals surface area contributed by atoms with Gasteiger partial charge < -0.3 is 5.32 Å². The first-order valence-electron chi connectivity index (χ1n) is 8.61. The van der Waals surface area contributed by atoms with E-state index in [0.717, 1.165) is 26.4 Å². The average molecular weight is 410 g/mol. The van der Waals surface area contributed by atoms with Crippen molar-refractivity contribution in [1.82, 2.24) is 15.3 Å². The molecule has 7 heteroatoms. The third-order valence-electron chi connectivity index (χ3n) is 4.18. The number of fused-ring (bicyclic) bond motifs is 1. The molecule has 0 radical (unpaired) electrons. The number of rotatable bonds is 6. The van der Waals surface area contributed by atoms with Crippen LogP contribution in [0.25, 0.3) is 10.9 Å². The van der Waals surface area contributed by atoms with Crippen LogP contribution in [0.2, 0.25) is 0 Å². The maximum Gasteiger partial charge on any atom is 0.231 e. The number of aromatic nitrogens is 2. The van der Waals surface area contributed by atoms with Gasteiger partial charge in [0, 0.05) is 10.3 Å². The minimum absolute atomic E-state index is 0.115. The number of para-hydroxylation sites is 1. The van der Waals surface area contributed by atoms with Crippen LogP contribution in [-0.4, -0.2) is 21.6 Å². The zero-order chi connectivity index (χ0) is 19.3. The number of halogens is 1. The van der Waals surface area contributed by atoms with Crippen LogP contribution in [0.1, 0.15) is 16.5 Å². The molecule has 0 aliphatic rings. The van der Waals surface area contributed by atoms with Gasteiger partial charge in [0.2, 0.25) is 5.91 Å². The highest BCUT2D eigenvalue weighted by molar-refractivity contribution is 8.00. The fraction of sp³-hybridized carbons (Fsp3) is 0.0952.